The van der Waals surface area contributed by atoms with Gasteiger partial charge in [-0.1, -0.05) is 5.57 Å². The molecule has 11 heavy (non-hydrogen) atoms. The lowest BCUT2D eigenvalue weighted by atomic mass is 9.88. The molecule has 0 amide bonds. The second kappa shape index (κ2) is 3.53. The molecule has 1 aliphatic rings. The average molecular weight is 156 g/mol. The fourth-order valence-corrected chi connectivity index (χ4v) is 1.04. The van der Waals surface area contributed by atoms with Crippen molar-refractivity contribution >= 4 is 5.97 Å². The highest BCUT2D eigenvalue weighted by Gasteiger charge is 2.23. The number of esters is 1. The van der Waals surface area contributed by atoms with E-state index in [-0.39, 0.29) is 5.97 Å². The van der Waals surface area contributed by atoms with Gasteiger partial charge in [-0.05, 0) is 12.8 Å². The van der Waals surface area contributed by atoms with Gasteiger partial charge in [-0.2, -0.15) is 0 Å². The summed E-state index contributed by atoms with van der Waals surface area (Å²) in [6, 6.07) is 0. The van der Waals surface area contributed by atoms with Gasteiger partial charge in [0.25, 0.3) is 0 Å². The Morgan fingerprint density at radius 2 is 2.18 bits per heavy atom. The summed E-state index contributed by atoms with van der Waals surface area (Å²) in [5.41, 5.74) is 1.11. The van der Waals surface area contributed by atoms with E-state index in [1.807, 2.05) is 0 Å². The Morgan fingerprint density at radius 1 is 1.55 bits per heavy atom. The normalized spacial score (nSPS) is 22.4. The summed E-state index contributed by atoms with van der Waals surface area (Å²) in [7, 11) is 3.06. The van der Waals surface area contributed by atoms with Crippen molar-refractivity contribution in [3.8, 4) is 0 Å². The van der Waals surface area contributed by atoms with Crippen LogP contribution in [-0.4, -0.2) is 26.3 Å². The topological polar surface area (TPSA) is 35.5 Å². The number of carbonyl (C=O) groups is 1. The summed E-state index contributed by atoms with van der Waals surface area (Å²) in [6.07, 6.45) is 3.58. The van der Waals surface area contributed by atoms with Crippen molar-refractivity contribution in [2.24, 2.45) is 0 Å². The Morgan fingerprint density at radius 3 is 2.64 bits per heavy atom. The quantitative estimate of drug-likeness (QED) is 0.440. The molecule has 0 bridgehead atoms. The summed E-state index contributed by atoms with van der Waals surface area (Å²) in [5, 5.41) is 0. The molecule has 0 aromatic rings. The van der Waals surface area contributed by atoms with Gasteiger partial charge < -0.3 is 9.47 Å². The Hall–Kier alpha value is -0.830. The van der Waals surface area contributed by atoms with Crippen LogP contribution in [0.3, 0.4) is 0 Å². The molecular formula is C8H12O3. The molecule has 0 atom stereocenters. The Labute approximate surface area is 66.0 Å². The third-order valence-corrected chi connectivity index (χ3v) is 1.84. The van der Waals surface area contributed by atoms with E-state index in [0.29, 0.717) is 6.10 Å². The van der Waals surface area contributed by atoms with Crippen molar-refractivity contribution in [2.75, 3.05) is 14.2 Å². The lowest BCUT2D eigenvalue weighted by molar-refractivity contribution is -0.135. The van der Waals surface area contributed by atoms with Gasteiger partial charge >= 0.3 is 5.97 Å². The van der Waals surface area contributed by atoms with E-state index in [1.165, 1.54) is 13.2 Å². The summed E-state index contributed by atoms with van der Waals surface area (Å²) in [6.45, 7) is 0. The molecule has 3 nitrogen and oxygen atoms in total. The van der Waals surface area contributed by atoms with Crippen LogP contribution in [0.2, 0.25) is 0 Å². The van der Waals surface area contributed by atoms with Crippen LogP contribution >= 0.6 is 0 Å². The highest BCUT2D eigenvalue weighted by atomic mass is 16.5. The van der Waals surface area contributed by atoms with E-state index in [1.54, 1.807) is 7.11 Å². The standard InChI is InChI=1S/C8H12O3/c1-10-7-3-6(4-7)5-8(9)11-2/h5,7H,3-4H2,1-2H3. The summed E-state index contributed by atoms with van der Waals surface area (Å²) < 4.78 is 9.51. The van der Waals surface area contributed by atoms with Gasteiger partial charge in [0.2, 0.25) is 0 Å². The maximum absolute atomic E-state index is 10.7. The van der Waals surface area contributed by atoms with Gasteiger partial charge in [0.15, 0.2) is 0 Å². The van der Waals surface area contributed by atoms with Crippen molar-refractivity contribution in [3.63, 3.8) is 0 Å². The monoisotopic (exact) mass is 156 g/mol. The van der Waals surface area contributed by atoms with Gasteiger partial charge in [-0.25, -0.2) is 4.79 Å². The first-order valence-corrected chi connectivity index (χ1v) is 3.56. The minimum atomic E-state index is -0.269. The fourth-order valence-electron chi connectivity index (χ4n) is 1.04. The molecule has 0 unspecified atom stereocenters. The summed E-state index contributed by atoms with van der Waals surface area (Å²) >= 11 is 0. The molecule has 0 N–H and O–H groups in total. The number of carbonyl (C=O) groups excluding carboxylic acids is 1. The third-order valence-electron chi connectivity index (χ3n) is 1.84. The molecule has 0 aliphatic heterocycles. The first kappa shape index (κ1) is 8.27. The molecule has 62 valence electrons. The van der Waals surface area contributed by atoms with Crippen molar-refractivity contribution in [1.29, 1.82) is 0 Å². The lowest BCUT2D eigenvalue weighted by Gasteiger charge is -2.27. The van der Waals surface area contributed by atoms with E-state index in [0.717, 1.165) is 18.4 Å². The van der Waals surface area contributed by atoms with Crippen LogP contribution in [0.25, 0.3) is 0 Å². The van der Waals surface area contributed by atoms with E-state index in [9.17, 15) is 4.79 Å². The van der Waals surface area contributed by atoms with Gasteiger partial charge in [-0.3, -0.25) is 0 Å². The van der Waals surface area contributed by atoms with E-state index >= 15 is 0 Å². The van der Waals surface area contributed by atoms with Crippen LogP contribution in [0.1, 0.15) is 12.8 Å². The van der Waals surface area contributed by atoms with E-state index in [4.69, 9.17) is 4.74 Å². The SMILES string of the molecule is COC(=O)C=C1CC(OC)C1. The zero-order chi connectivity index (χ0) is 8.27. The van der Waals surface area contributed by atoms with Crippen molar-refractivity contribution in [2.45, 2.75) is 18.9 Å². The number of methoxy groups -OCH3 is 2. The number of rotatable bonds is 2. The molecule has 1 saturated carbocycles. The molecule has 3 heteroatoms. The number of hydrogen-bond donors (Lipinski definition) is 0. The summed E-state index contributed by atoms with van der Waals surface area (Å²) in [4.78, 5) is 10.7. The van der Waals surface area contributed by atoms with E-state index in [2.05, 4.69) is 4.74 Å². The first-order chi connectivity index (χ1) is 5.26. The molecule has 1 rings (SSSR count). The van der Waals surface area contributed by atoms with Gasteiger partial charge in [0.1, 0.15) is 0 Å². The molecule has 0 radical (unpaired) electrons. The molecule has 0 aromatic heterocycles. The van der Waals surface area contributed by atoms with Crippen LogP contribution in [0.5, 0.6) is 0 Å². The van der Waals surface area contributed by atoms with Crippen LogP contribution in [0, 0.1) is 0 Å². The fraction of sp³-hybridized carbons (Fsp3) is 0.625. The van der Waals surface area contributed by atoms with Crippen molar-refractivity contribution in [3.05, 3.63) is 11.6 Å². The zero-order valence-electron chi connectivity index (χ0n) is 6.79. The van der Waals surface area contributed by atoms with Crippen LogP contribution in [-0.2, 0) is 14.3 Å². The molecule has 0 aromatic carbocycles. The molecule has 1 fully saturated rings. The molecular weight excluding hydrogens is 144 g/mol. The van der Waals surface area contributed by atoms with Crippen LogP contribution in [0.4, 0.5) is 0 Å². The molecule has 0 spiro atoms. The smallest absolute Gasteiger partial charge is 0.330 e. The second-order valence-electron chi connectivity index (χ2n) is 2.59. The predicted molar refractivity (Wildman–Crippen MR) is 40.1 cm³/mol. The Bertz CT molecular complexity index is 176. The predicted octanol–water partition coefficient (Wildman–Crippen LogP) is 0.895. The largest absolute Gasteiger partial charge is 0.466 e. The molecule has 0 heterocycles. The minimum Gasteiger partial charge on any atom is -0.466 e. The van der Waals surface area contributed by atoms with Crippen molar-refractivity contribution in [1.82, 2.24) is 0 Å². The van der Waals surface area contributed by atoms with Gasteiger partial charge in [-0.15, -0.1) is 0 Å². The van der Waals surface area contributed by atoms with Crippen LogP contribution < -0.4 is 0 Å². The highest BCUT2D eigenvalue weighted by molar-refractivity contribution is 5.82. The average Bonchev–Trinajstić information content (AvgIpc) is 1.95. The van der Waals surface area contributed by atoms with Crippen LogP contribution in [0.15, 0.2) is 11.6 Å². The highest BCUT2D eigenvalue weighted by Crippen LogP contribution is 2.28. The zero-order valence-corrected chi connectivity index (χ0v) is 6.79. The maximum Gasteiger partial charge on any atom is 0.330 e. The summed E-state index contributed by atoms with van der Waals surface area (Å²) in [5.74, 6) is -0.269. The first-order valence-electron chi connectivity index (χ1n) is 3.56. The third kappa shape index (κ3) is 2.05. The minimum absolute atomic E-state index is 0.269. The lowest BCUT2D eigenvalue weighted by Crippen LogP contribution is -2.23. The Kier molecular flexibility index (Phi) is 2.65. The second-order valence-corrected chi connectivity index (χ2v) is 2.59. The number of hydrogen-bond acceptors (Lipinski definition) is 3. The van der Waals surface area contributed by atoms with E-state index < -0.39 is 0 Å². The van der Waals surface area contributed by atoms with Gasteiger partial charge in [0, 0.05) is 13.2 Å². The number of ether oxygens (including phenoxy) is 2. The maximum atomic E-state index is 10.7. The van der Waals surface area contributed by atoms with Gasteiger partial charge in [0.05, 0.1) is 13.2 Å². The van der Waals surface area contributed by atoms with Crippen molar-refractivity contribution < 1.29 is 14.3 Å². The Balaban J connectivity index is 2.30. The molecule has 0 saturated heterocycles. The molecule has 1 aliphatic carbocycles.